The third-order valence-electron chi connectivity index (χ3n) is 4.43. The van der Waals surface area contributed by atoms with Gasteiger partial charge in [0.25, 0.3) is 0 Å². The second kappa shape index (κ2) is 7.76. The van der Waals surface area contributed by atoms with Crippen LogP contribution >= 0.6 is 12.4 Å². The predicted molar refractivity (Wildman–Crippen MR) is 84.8 cm³/mol. The van der Waals surface area contributed by atoms with Crippen molar-refractivity contribution in [2.75, 3.05) is 32.4 Å². The monoisotopic (exact) mass is 339 g/mol. The van der Waals surface area contributed by atoms with Gasteiger partial charge in [-0.25, -0.2) is 12.7 Å². The number of nitrogens with two attached hydrogens (primary N) is 1. The van der Waals surface area contributed by atoms with Gasteiger partial charge in [-0.15, -0.1) is 12.4 Å². The lowest BCUT2D eigenvalue weighted by atomic mass is 9.99. The molecule has 0 radical (unpaired) electrons. The van der Waals surface area contributed by atoms with Gasteiger partial charge >= 0.3 is 0 Å². The number of hydrogen-bond donors (Lipinski definition) is 1. The van der Waals surface area contributed by atoms with Gasteiger partial charge in [0.05, 0.1) is 6.26 Å². The molecule has 2 N–H and O–H groups in total. The van der Waals surface area contributed by atoms with Crippen molar-refractivity contribution in [2.24, 2.45) is 11.7 Å². The maximum absolute atomic E-state index is 12.3. The number of sulfonamides is 1. The van der Waals surface area contributed by atoms with Gasteiger partial charge in [0.15, 0.2) is 0 Å². The number of hydrogen-bond acceptors (Lipinski definition) is 4. The van der Waals surface area contributed by atoms with E-state index >= 15 is 0 Å². The van der Waals surface area contributed by atoms with Crippen LogP contribution in [0, 0.1) is 5.92 Å². The number of rotatable bonds is 3. The Morgan fingerprint density at radius 3 is 2.43 bits per heavy atom. The molecular formula is C13H26ClN3O3S. The molecule has 2 rings (SSSR count). The predicted octanol–water partition coefficient (Wildman–Crippen LogP) is 0.420. The number of halogens is 1. The quantitative estimate of drug-likeness (QED) is 0.807. The van der Waals surface area contributed by atoms with E-state index in [1.165, 1.54) is 10.6 Å². The highest BCUT2D eigenvalue weighted by Gasteiger charge is 2.29. The summed E-state index contributed by atoms with van der Waals surface area (Å²) < 4.78 is 24.5. The van der Waals surface area contributed by atoms with Crippen molar-refractivity contribution in [3.8, 4) is 0 Å². The molecule has 21 heavy (non-hydrogen) atoms. The van der Waals surface area contributed by atoms with E-state index < -0.39 is 10.0 Å². The van der Waals surface area contributed by atoms with Crippen LogP contribution in [-0.2, 0) is 14.8 Å². The van der Waals surface area contributed by atoms with Crippen molar-refractivity contribution < 1.29 is 13.2 Å². The molecular weight excluding hydrogens is 314 g/mol. The van der Waals surface area contributed by atoms with Gasteiger partial charge in [0.1, 0.15) is 0 Å². The lowest BCUT2D eigenvalue weighted by molar-refractivity contribution is -0.132. The van der Waals surface area contributed by atoms with E-state index in [9.17, 15) is 13.2 Å². The third-order valence-corrected chi connectivity index (χ3v) is 5.73. The molecule has 0 spiro atoms. The molecule has 0 unspecified atom stereocenters. The molecule has 1 aliphatic heterocycles. The molecule has 1 heterocycles. The van der Waals surface area contributed by atoms with Gasteiger partial charge in [0, 0.05) is 38.6 Å². The molecule has 124 valence electrons. The van der Waals surface area contributed by atoms with Crippen LogP contribution in [0.15, 0.2) is 0 Å². The van der Waals surface area contributed by atoms with Gasteiger partial charge in [0.2, 0.25) is 15.9 Å². The summed E-state index contributed by atoms with van der Waals surface area (Å²) in [5, 5.41) is 0. The van der Waals surface area contributed by atoms with Gasteiger partial charge in [-0.2, -0.15) is 0 Å². The molecule has 2 fully saturated rings. The molecule has 0 aromatic carbocycles. The van der Waals surface area contributed by atoms with Crippen molar-refractivity contribution in [1.82, 2.24) is 9.21 Å². The first-order chi connectivity index (χ1) is 9.38. The lowest BCUT2D eigenvalue weighted by Gasteiger charge is -2.23. The Balaban J connectivity index is 0.00000220. The highest BCUT2D eigenvalue weighted by Crippen LogP contribution is 2.27. The Morgan fingerprint density at radius 2 is 1.86 bits per heavy atom. The average Bonchev–Trinajstić information content (AvgIpc) is 2.65. The van der Waals surface area contributed by atoms with Crippen LogP contribution in [0.1, 0.15) is 32.1 Å². The molecule has 1 aliphatic carbocycles. The van der Waals surface area contributed by atoms with E-state index in [-0.39, 0.29) is 24.4 Å². The highest BCUT2D eigenvalue weighted by atomic mass is 35.5. The summed E-state index contributed by atoms with van der Waals surface area (Å²) in [5.41, 5.74) is 6.01. The fourth-order valence-corrected chi connectivity index (χ4v) is 4.02. The van der Waals surface area contributed by atoms with Crippen molar-refractivity contribution in [3.63, 3.8) is 0 Å². The van der Waals surface area contributed by atoms with Crippen LogP contribution in [0.5, 0.6) is 0 Å². The minimum absolute atomic E-state index is 0. The zero-order chi connectivity index (χ0) is 14.8. The minimum atomic E-state index is -3.15. The normalized spacial score (nSPS) is 28.0. The van der Waals surface area contributed by atoms with Crippen LogP contribution in [0.25, 0.3) is 0 Å². The van der Waals surface area contributed by atoms with Gasteiger partial charge in [-0.1, -0.05) is 6.42 Å². The summed E-state index contributed by atoms with van der Waals surface area (Å²) in [4.78, 5) is 14.1. The van der Waals surface area contributed by atoms with Crippen molar-refractivity contribution in [1.29, 1.82) is 0 Å². The summed E-state index contributed by atoms with van der Waals surface area (Å²) in [5.74, 6) is 0.430. The van der Waals surface area contributed by atoms with Crippen LogP contribution < -0.4 is 5.73 Å². The first-order valence-electron chi connectivity index (χ1n) is 7.36. The molecule has 2 atom stereocenters. The Labute approximate surface area is 133 Å². The van der Waals surface area contributed by atoms with Crippen LogP contribution in [-0.4, -0.2) is 62.0 Å². The molecule has 0 aromatic rings. The summed E-state index contributed by atoms with van der Waals surface area (Å²) in [6, 6.07) is 0.151. The van der Waals surface area contributed by atoms with E-state index in [2.05, 4.69) is 0 Å². The Bertz CT molecular complexity index is 458. The van der Waals surface area contributed by atoms with Gasteiger partial charge in [-0.05, 0) is 25.2 Å². The second-order valence-electron chi connectivity index (χ2n) is 5.96. The lowest BCUT2D eigenvalue weighted by Crippen LogP contribution is -2.38. The molecule has 1 amide bonds. The molecule has 0 bridgehead atoms. The third kappa shape index (κ3) is 5.09. The maximum atomic E-state index is 12.3. The van der Waals surface area contributed by atoms with Crippen molar-refractivity contribution in [3.05, 3.63) is 0 Å². The van der Waals surface area contributed by atoms with Gasteiger partial charge in [-0.3, -0.25) is 4.79 Å². The fourth-order valence-electron chi connectivity index (χ4n) is 3.15. The molecule has 2 aliphatic rings. The van der Waals surface area contributed by atoms with E-state index in [0.29, 0.717) is 44.9 Å². The number of carbonyl (C=O) groups is 1. The fraction of sp³-hybridized carbons (Fsp3) is 0.923. The van der Waals surface area contributed by atoms with E-state index in [1.807, 2.05) is 0 Å². The number of nitrogens with zero attached hydrogens (tertiary/aromatic N) is 2. The van der Waals surface area contributed by atoms with E-state index in [1.54, 1.807) is 4.90 Å². The standard InChI is InChI=1S/C13H25N3O3S.ClH/c1-20(18,19)16-7-3-6-15(8-9-16)13(17)10-11-4-2-5-12(11)14;/h11-12H,2-10,14H2,1H3;1H/t11-,12+;/m0./s1. The zero-order valence-electron chi connectivity index (χ0n) is 12.5. The summed E-state index contributed by atoms with van der Waals surface area (Å²) in [7, 11) is -3.15. The van der Waals surface area contributed by atoms with Crippen LogP contribution in [0.4, 0.5) is 0 Å². The minimum Gasteiger partial charge on any atom is -0.341 e. The number of carbonyl (C=O) groups excluding carboxylic acids is 1. The summed E-state index contributed by atoms with van der Waals surface area (Å²) in [6.07, 6.45) is 5.61. The summed E-state index contributed by atoms with van der Waals surface area (Å²) >= 11 is 0. The Kier molecular flexibility index (Phi) is 6.90. The highest BCUT2D eigenvalue weighted by molar-refractivity contribution is 7.88. The first-order valence-corrected chi connectivity index (χ1v) is 9.21. The SMILES string of the molecule is CS(=O)(=O)N1CCCN(C(=O)C[C@@H]2CCC[C@H]2N)CC1.Cl. The van der Waals surface area contributed by atoms with Crippen molar-refractivity contribution >= 4 is 28.3 Å². The van der Waals surface area contributed by atoms with E-state index in [4.69, 9.17) is 5.73 Å². The molecule has 1 saturated heterocycles. The zero-order valence-corrected chi connectivity index (χ0v) is 14.2. The largest absolute Gasteiger partial charge is 0.341 e. The second-order valence-corrected chi connectivity index (χ2v) is 7.94. The van der Waals surface area contributed by atoms with Crippen LogP contribution in [0.2, 0.25) is 0 Å². The molecule has 6 nitrogen and oxygen atoms in total. The Morgan fingerprint density at radius 1 is 1.14 bits per heavy atom. The molecule has 1 saturated carbocycles. The molecule has 0 aromatic heterocycles. The topological polar surface area (TPSA) is 83.7 Å². The Hall–Kier alpha value is -0.370. The van der Waals surface area contributed by atoms with Crippen LogP contribution in [0.3, 0.4) is 0 Å². The maximum Gasteiger partial charge on any atom is 0.222 e. The first kappa shape index (κ1) is 18.7. The average molecular weight is 340 g/mol. The van der Waals surface area contributed by atoms with Crippen molar-refractivity contribution in [2.45, 2.75) is 38.1 Å². The number of amides is 1. The van der Waals surface area contributed by atoms with Gasteiger partial charge < -0.3 is 10.6 Å². The smallest absolute Gasteiger partial charge is 0.222 e. The molecule has 8 heteroatoms. The van der Waals surface area contributed by atoms with E-state index in [0.717, 1.165) is 19.3 Å². The summed E-state index contributed by atoms with van der Waals surface area (Å²) in [6.45, 7) is 2.05.